The van der Waals surface area contributed by atoms with Crippen LogP contribution in [0.15, 0.2) is 28.8 Å². The zero-order chi connectivity index (χ0) is 12.4. The fourth-order valence-electron chi connectivity index (χ4n) is 1.64. The summed E-state index contributed by atoms with van der Waals surface area (Å²) in [4.78, 5) is 4.29. The molecule has 0 saturated carbocycles. The van der Waals surface area contributed by atoms with Crippen molar-refractivity contribution in [3.63, 3.8) is 0 Å². The van der Waals surface area contributed by atoms with Gasteiger partial charge in [-0.25, -0.2) is 4.98 Å². The van der Waals surface area contributed by atoms with Crippen molar-refractivity contribution in [2.75, 3.05) is 7.05 Å². The number of benzene rings is 1. The average molecular weight is 230 g/mol. The van der Waals surface area contributed by atoms with Gasteiger partial charge in [-0.3, -0.25) is 0 Å². The fraction of sp³-hybridized carbons (Fsp3) is 0.357. The summed E-state index contributed by atoms with van der Waals surface area (Å²) in [7, 11) is 1.89. The Bertz CT molecular complexity index is 517. The molecule has 90 valence electrons. The number of aryl methyl sites for hydroxylation is 2. The Morgan fingerprint density at radius 3 is 2.65 bits per heavy atom. The Balaban J connectivity index is 2.33. The summed E-state index contributed by atoms with van der Waals surface area (Å²) in [5.41, 5.74) is 3.63. The van der Waals surface area contributed by atoms with E-state index >= 15 is 0 Å². The van der Waals surface area contributed by atoms with Crippen LogP contribution in [0.2, 0.25) is 0 Å². The van der Waals surface area contributed by atoms with Crippen molar-refractivity contribution in [3.8, 4) is 11.3 Å². The lowest BCUT2D eigenvalue weighted by molar-refractivity contribution is 0.441. The largest absolute Gasteiger partial charge is 0.439 e. The first kappa shape index (κ1) is 11.9. The highest BCUT2D eigenvalue weighted by Gasteiger charge is 2.11. The molecule has 2 rings (SSSR count). The zero-order valence-electron chi connectivity index (χ0n) is 10.7. The van der Waals surface area contributed by atoms with E-state index in [1.54, 1.807) is 6.20 Å². The van der Waals surface area contributed by atoms with Crippen LogP contribution in [-0.4, -0.2) is 12.0 Å². The molecule has 0 spiro atoms. The lowest BCUT2D eigenvalue weighted by Gasteiger charge is -2.04. The van der Waals surface area contributed by atoms with E-state index in [9.17, 15) is 0 Å². The smallest absolute Gasteiger partial charge is 0.211 e. The van der Waals surface area contributed by atoms with E-state index in [-0.39, 0.29) is 6.04 Å². The molecule has 0 aliphatic heterocycles. The van der Waals surface area contributed by atoms with Crippen molar-refractivity contribution in [1.29, 1.82) is 0 Å². The van der Waals surface area contributed by atoms with Gasteiger partial charge >= 0.3 is 0 Å². The van der Waals surface area contributed by atoms with Crippen LogP contribution in [0.25, 0.3) is 11.3 Å². The second-order valence-corrected chi connectivity index (χ2v) is 4.37. The molecule has 1 heterocycles. The molecule has 3 nitrogen and oxygen atoms in total. The molecular weight excluding hydrogens is 212 g/mol. The third kappa shape index (κ3) is 2.39. The van der Waals surface area contributed by atoms with Gasteiger partial charge in [0.15, 0.2) is 5.76 Å². The molecule has 0 amide bonds. The molecule has 0 aliphatic carbocycles. The predicted molar refractivity (Wildman–Crippen MR) is 68.9 cm³/mol. The van der Waals surface area contributed by atoms with Crippen LogP contribution in [0.5, 0.6) is 0 Å². The molecule has 0 aliphatic rings. The molecule has 3 heteroatoms. The summed E-state index contributed by atoms with van der Waals surface area (Å²) in [6.45, 7) is 6.23. The van der Waals surface area contributed by atoms with Crippen molar-refractivity contribution >= 4 is 0 Å². The number of nitrogens with zero attached hydrogens (tertiary/aromatic N) is 1. The van der Waals surface area contributed by atoms with Gasteiger partial charge in [0.1, 0.15) is 0 Å². The van der Waals surface area contributed by atoms with E-state index in [2.05, 4.69) is 42.3 Å². The minimum Gasteiger partial charge on any atom is -0.439 e. The molecule has 0 saturated heterocycles. The zero-order valence-corrected chi connectivity index (χ0v) is 10.7. The van der Waals surface area contributed by atoms with Crippen LogP contribution in [0.1, 0.15) is 30.0 Å². The summed E-state index contributed by atoms with van der Waals surface area (Å²) in [5, 5.41) is 3.11. The normalized spacial score (nSPS) is 12.7. The average Bonchev–Trinajstić information content (AvgIpc) is 2.81. The van der Waals surface area contributed by atoms with Crippen LogP contribution in [0.3, 0.4) is 0 Å². The highest BCUT2D eigenvalue weighted by molar-refractivity contribution is 5.58. The molecule has 1 aromatic carbocycles. The maximum absolute atomic E-state index is 5.74. The van der Waals surface area contributed by atoms with E-state index in [4.69, 9.17) is 4.42 Å². The number of oxazole rings is 1. The predicted octanol–water partition coefficient (Wildman–Crippen LogP) is 3.24. The minimum absolute atomic E-state index is 0.135. The van der Waals surface area contributed by atoms with Crippen molar-refractivity contribution in [2.45, 2.75) is 26.8 Å². The van der Waals surface area contributed by atoms with E-state index in [1.165, 1.54) is 11.1 Å². The van der Waals surface area contributed by atoms with Gasteiger partial charge in [-0.1, -0.05) is 12.1 Å². The first-order valence-corrected chi connectivity index (χ1v) is 5.82. The number of rotatable bonds is 3. The van der Waals surface area contributed by atoms with Crippen LogP contribution < -0.4 is 5.32 Å². The summed E-state index contributed by atoms with van der Waals surface area (Å²) >= 11 is 0. The minimum atomic E-state index is 0.135. The Labute approximate surface area is 102 Å². The van der Waals surface area contributed by atoms with Crippen LogP contribution >= 0.6 is 0 Å². The standard InChI is InChI=1S/C14H18N2O/c1-9-5-6-12(7-10(9)2)13-8-16-14(17-13)11(3)15-4/h5-8,11,15H,1-4H3. The Kier molecular flexibility index (Phi) is 3.29. The number of hydrogen-bond acceptors (Lipinski definition) is 3. The van der Waals surface area contributed by atoms with Crippen molar-refractivity contribution in [2.24, 2.45) is 0 Å². The highest BCUT2D eigenvalue weighted by Crippen LogP contribution is 2.24. The summed E-state index contributed by atoms with van der Waals surface area (Å²) in [6.07, 6.45) is 1.78. The molecule has 1 unspecified atom stereocenters. The van der Waals surface area contributed by atoms with Crippen molar-refractivity contribution in [3.05, 3.63) is 41.4 Å². The molecular formula is C14H18N2O. The molecule has 1 aromatic heterocycles. The van der Waals surface area contributed by atoms with Crippen LogP contribution in [0, 0.1) is 13.8 Å². The fourth-order valence-corrected chi connectivity index (χ4v) is 1.64. The summed E-state index contributed by atoms with van der Waals surface area (Å²) < 4.78 is 5.74. The van der Waals surface area contributed by atoms with Gasteiger partial charge in [0.05, 0.1) is 12.2 Å². The monoisotopic (exact) mass is 230 g/mol. The lowest BCUT2D eigenvalue weighted by atomic mass is 10.1. The third-order valence-electron chi connectivity index (χ3n) is 3.12. The van der Waals surface area contributed by atoms with Gasteiger partial charge in [0.25, 0.3) is 0 Å². The molecule has 1 atom stereocenters. The topological polar surface area (TPSA) is 38.1 Å². The second kappa shape index (κ2) is 4.72. The third-order valence-corrected chi connectivity index (χ3v) is 3.12. The van der Waals surface area contributed by atoms with Gasteiger partial charge in [0, 0.05) is 5.56 Å². The van der Waals surface area contributed by atoms with Gasteiger partial charge < -0.3 is 9.73 Å². The van der Waals surface area contributed by atoms with Crippen molar-refractivity contribution < 1.29 is 4.42 Å². The van der Waals surface area contributed by atoms with E-state index in [1.807, 2.05) is 14.0 Å². The van der Waals surface area contributed by atoms with Gasteiger partial charge in [-0.05, 0) is 45.0 Å². The number of hydrogen-bond donors (Lipinski definition) is 1. The Morgan fingerprint density at radius 1 is 1.24 bits per heavy atom. The Morgan fingerprint density at radius 2 is 2.00 bits per heavy atom. The SMILES string of the molecule is CNC(C)c1ncc(-c2ccc(C)c(C)c2)o1. The second-order valence-electron chi connectivity index (χ2n) is 4.37. The van der Waals surface area contributed by atoms with Gasteiger partial charge in [-0.15, -0.1) is 0 Å². The molecule has 0 bridgehead atoms. The maximum Gasteiger partial charge on any atom is 0.211 e. The molecule has 1 N–H and O–H groups in total. The lowest BCUT2D eigenvalue weighted by Crippen LogP contribution is -2.12. The molecule has 2 aromatic rings. The highest BCUT2D eigenvalue weighted by atomic mass is 16.4. The van der Waals surface area contributed by atoms with E-state index < -0.39 is 0 Å². The maximum atomic E-state index is 5.74. The number of nitrogens with one attached hydrogen (secondary N) is 1. The summed E-state index contributed by atoms with van der Waals surface area (Å²) in [6, 6.07) is 6.43. The first-order valence-electron chi connectivity index (χ1n) is 5.82. The summed E-state index contributed by atoms with van der Waals surface area (Å²) in [5.74, 6) is 1.55. The molecule has 17 heavy (non-hydrogen) atoms. The van der Waals surface area contributed by atoms with E-state index in [0.717, 1.165) is 17.2 Å². The molecule has 0 radical (unpaired) electrons. The van der Waals surface area contributed by atoms with Crippen LogP contribution in [0.4, 0.5) is 0 Å². The van der Waals surface area contributed by atoms with Gasteiger partial charge in [-0.2, -0.15) is 0 Å². The first-order chi connectivity index (χ1) is 8.11. The Hall–Kier alpha value is -1.61. The quantitative estimate of drug-likeness (QED) is 0.879. The van der Waals surface area contributed by atoms with E-state index in [0.29, 0.717) is 0 Å². The van der Waals surface area contributed by atoms with Crippen molar-refractivity contribution in [1.82, 2.24) is 10.3 Å². The van der Waals surface area contributed by atoms with Crippen LogP contribution in [-0.2, 0) is 0 Å². The number of aromatic nitrogens is 1. The van der Waals surface area contributed by atoms with Gasteiger partial charge in [0.2, 0.25) is 5.89 Å². The molecule has 0 fully saturated rings.